The molecule has 0 atom stereocenters. The maximum atomic E-state index is 12.3. The molecule has 0 saturated carbocycles. The summed E-state index contributed by atoms with van der Waals surface area (Å²) in [5.74, 6) is 1.32. The van der Waals surface area contributed by atoms with E-state index >= 15 is 0 Å². The van der Waals surface area contributed by atoms with E-state index in [-0.39, 0.29) is 5.78 Å². The number of methoxy groups -OCH3 is 2. The maximum Gasteiger partial charge on any atom is 0.189 e. The van der Waals surface area contributed by atoms with Crippen molar-refractivity contribution in [3.63, 3.8) is 0 Å². The van der Waals surface area contributed by atoms with Crippen molar-refractivity contribution in [2.45, 2.75) is 20.4 Å². The standard InChI is InChI=1S/C17H20N2O3/c1-5-19-11-15(12(2)18-19)16(20)8-6-13-10-14(21-3)7-9-17(13)22-4/h6-11H,5H2,1-4H3. The number of aryl methyl sites for hydroxylation is 2. The highest BCUT2D eigenvalue weighted by molar-refractivity contribution is 6.07. The summed E-state index contributed by atoms with van der Waals surface area (Å²) < 4.78 is 12.2. The van der Waals surface area contributed by atoms with Crippen LogP contribution in [-0.2, 0) is 6.54 Å². The van der Waals surface area contributed by atoms with Crippen molar-refractivity contribution in [1.82, 2.24) is 9.78 Å². The number of hydrogen-bond acceptors (Lipinski definition) is 4. The van der Waals surface area contributed by atoms with E-state index in [2.05, 4.69) is 5.10 Å². The summed E-state index contributed by atoms with van der Waals surface area (Å²) in [4.78, 5) is 12.3. The van der Waals surface area contributed by atoms with Crippen molar-refractivity contribution < 1.29 is 14.3 Å². The highest BCUT2D eigenvalue weighted by atomic mass is 16.5. The molecule has 1 aromatic carbocycles. The summed E-state index contributed by atoms with van der Waals surface area (Å²) in [6, 6.07) is 5.45. The van der Waals surface area contributed by atoms with Gasteiger partial charge in [0.05, 0.1) is 25.5 Å². The average molecular weight is 300 g/mol. The lowest BCUT2D eigenvalue weighted by molar-refractivity contribution is 0.104. The third-order valence-electron chi connectivity index (χ3n) is 3.39. The summed E-state index contributed by atoms with van der Waals surface area (Å²) in [5, 5.41) is 4.28. The van der Waals surface area contributed by atoms with Crippen LogP contribution in [0, 0.1) is 6.92 Å². The smallest absolute Gasteiger partial charge is 0.189 e. The third kappa shape index (κ3) is 3.36. The van der Waals surface area contributed by atoms with Crippen LogP contribution < -0.4 is 9.47 Å². The molecule has 0 aliphatic rings. The Morgan fingerprint density at radius 2 is 2.09 bits per heavy atom. The van der Waals surface area contributed by atoms with E-state index in [1.807, 2.05) is 32.0 Å². The molecule has 0 N–H and O–H groups in total. The van der Waals surface area contributed by atoms with Gasteiger partial charge in [0.25, 0.3) is 0 Å². The van der Waals surface area contributed by atoms with Gasteiger partial charge >= 0.3 is 0 Å². The number of allylic oxidation sites excluding steroid dienone is 1. The number of benzene rings is 1. The second kappa shape index (κ2) is 6.93. The molecule has 5 nitrogen and oxygen atoms in total. The number of rotatable bonds is 6. The predicted octanol–water partition coefficient (Wildman–Crippen LogP) is 3.12. The molecule has 2 aromatic rings. The van der Waals surface area contributed by atoms with Gasteiger partial charge < -0.3 is 9.47 Å². The Bertz CT molecular complexity index is 702. The largest absolute Gasteiger partial charge is 0.497 e. The third-order valence-corrected chi connectivity index (χ3v) is 3.39. The van der Waals surface area contributed by atoms with Crippen LogP contribution in [0.25, 0.3) is 6.08 Å². The molecule has 0 spiro atoms. The zero-order chi connectivity index (χ0) is 16.1. The van der Waals surface area contributed by atoms with E-state index < -0.39 is 0 Å². The van der Waals surface area contributed by atoms with Gasteiger partial charge in [-0.15, -0.1) is 0 Å². The van der Waals surface area contributed by atoms with Gasteiger partial charge in [0, 0.05) is 18.3 Å². The molecule has 116 valence electrons. The van der Waals surface area contributed by atoms with Gasteiger partial charge in [-0.25, -0.2) is 0 Å². The van der Waals surface area contributed by atoms with Crippen molar-refractivity contribution in [2.75, 3.05) is 14.2 Å². The minimum Gasteiger partial charge on any atom is -0.497 e. The summed E-state index contributed by atoms with van der Waals surface area (Å²) >= 11 is 0. The predicted molar refractivity (Wildman–Crippen MR) is 85.5 cm³/mol. The van der Waals surface area contributed by atoms with E-state index in [4.69, 9.17) is 9.47 Å². The molecule has 0 saturated heterocycles. The van der Waals surface area contributed by atoms with E-state index in [0.29, 0.717) is 17.1 Å². The first-order valence-electron chi connectivity index (χ1n) is 7.07. The molecule has 0 radical (unpaired) electrons. The highest BCUT2D eigenvalue weighted by Gasteiger charge is 2.11. The number of carbonyl (C=O) groups excluding carboxylic acids is 1. The Balaban J connectivity index is 2.27. The fourth-order valence-electron chi connectivity index (χ4n) is 2.15. The minimum absolute atomic E-state index is 0.0814. The molecule has 2 rings (SSSR count). The first-order chi connectivity index (χ1) is 10.6. The Kier molecular flexibility index (Phi) is 4.99. The molecular weight excluding hydrogens is 280 g/mol. The van der Waals surface area contributed by atoms with Crippen molar-refractivity contribution >= 4 is 11.9 Å². The van der Waals surface area contributed by atoms with Crippen molar-refractivity contribution in [3.05, 3.63) is 47.3 Å². The minimum atomic E-state index is -0.0814. The van der Waals surface area contributed by atoms with Crippen LogP contribution in [0.5, 0.6) is 11.5 Å². The monoisotopic (exact) mass is 300 g/mol. The number of ether oxygens (including phenoxy) is 2. The molecule has 0 bridgehead atoms. The topological polar surface area (TPSA) is 53.4 Å². The van der Waals surface area contributed by atoms with Crippen molar-refractivity contribution in [1.29, 1.82) is 0 Å². The second-order valence-electron chi connectivity index (χ2n) is 4.79. The van der Waals surface area contributed by atoms with E-state index in [1.165, 1.54) is 6.08 Å². The Morgan fingerprint density at radius 3 is 2.68 bits per heavy atom. The van der Waals surface area contributed by atoms with Gasteiger partial charge in [-0.2, -0.15) is 5.10 Å². The van der Waals surface area contributed by atoms with Crippen molar-refractivity contribution in [2.24, 2.45) is 0 Å². The number of nitrogens with zero attached hydrogens (tertiary/aromatic N) is 2. The lowest BCUT2D eigenvalue weighted by Crippen LogP contribution is -1.95. The number of aromatic nitrogens is 2. The van der Waals surface area contributed by atoms with Crippen LogP contribution in [-0.4, -0.2) is 29.8 Å². The molecular formula is C17H20N2O3. The lowest BCUT2D eigenvalue weighted by atomic mass is 10.1. The highest BCUT2D eigenvalue weighted by Crippen LogP contribution is 2.25. The van der Waals surface area contributed by atoms with Crippen LogP contribution in [0.15, 0.2) is 30.5 Å². The first kappa shape index (κ1) is 15.8. The quantitative estimate of drug-likeness (QED) is 0.607. The van der Waals surface area contributed by atoms with Crippen LogP contribution in [0.2, 0.25) is 0 Å². The summed E-state index contributed by atoms with van der Waals surface area (Å²) in [6.07, 6.45) is 5.03. The average Bonchev–Trinajstić information content (AvgIpc) is 2.93. The van der Waals surface area contributed by atoms with Gasteiger partial charge in [-0.1, -0.05) is 0 Å². The molecule has 0 unspecified atom stereocenters. The second-order valence-corrected chi connectivity index (χ2v) is 4.79. The van der Waals surface area contributed by atoms with Gasteiger partial charge in [-0.05, 0) is 44.2 Å². The van der Waals surface area contributed by atoms with Crippen LogP contribution in [0.1, 0.15) is 28.5 Å². The van der Waals surface area contributed by atoms with E-state index in [9.17, 15) is 4.79 Å². The number of hydrogen-bond donors (Lipinski definition) is 0. The number of ketones is 1. The summed E-state index contributed by atoms with van der Waals surface area (Å²) in [6.45, 7) is 4.55. The van der Waals surface area contributed by atoms with Gasteiger partial charge in [-0.3, -0.25) is 9.48 Å². The summed E-state index contributed by atoms with van der Waals surface area (Å²) in [5.41, 5.74) is 2.13. The van der Waals surface area contributed by atoms with Crippen molar-refractivity contribution in [3.8, 4) is 11.5 Å². The van der Waals surface area contributed by atoms with Crippen LogP contribution in [0.4, 0.5) is 0 Å². The molecule has 0 fully saturated rings. The van der Waals surface area contributed by atoms with Crippen LogP contribution >= 0.6 is 0 Å². The first-order valence-corrected chi connectivity index (χ1v) is 7.07. The summed E-state index contributed by atoms with van der Waals surface area (Å²) in [7, 11) is 3.19. The van der Waals surface area contributed by atoms with Gasteiger partial charge in [0.2, 0.25) is 0 Å². The van der Waals surface area contributed by atoms with Gasteiger partial charge in [0.15, 0.2) is 5.78 Å². The fraction of sp³-hybridized carbons (Fsp3) is 0.294. The molecule has 5 heteroatoms. The Hall–Kier alpha value is -2.56. The maximum absolute atomic E-state index is 12.3. The normalized spacial score (nSPS) is 10.9. The molecule has 1 aromatic heterocycles. The van der Waals surface area contributed by atoms with Crippen LogP contribution in [0.3, 0.4) is 0 Å². The Labute approximate surface area is 130 Å². The zero-order valence-electron chi connectivity index (χ0n) is 13.3. The zero-order valence-corrected chi connectivity index (χ0v) is 13.3. The van der Waals surface area contributed by atoms with E-state index in [1.54, 1.807) is 31.2 Å². The van der Waals surface area contributed by atoms with E-state index in [0.717, 1.165) is 17.8 Å². The lowest BCUT2D eigenvalue weighted by Gasteiger charge is -2.06. The SMILES string of the molecule is CCn1cc(C(=O)C=Cc2cc(OC)ccc2OC)c(C)n1. The molecule has 0 amide bonds. The van der Waals surface area contributed by atoms with Gasteiger partial charge in [0.1, 0.15) is 11.5 Å². The molecule has 1 heterocycles. The number of carbonyl (C=O) groups is 1. The fourth-order valence-corrected chi connectivity index (χ4v) is 2.15. The molecule has 0 aliphatic heterocycles. The molecule has 22 heavy (non-hydrogen) atoms. The Morgan fingerprint density at radius 1 is 1.32 bits per heavy atom. The molecule has 0 aliphatic carbocycles.